The fraction of sp³-hybridized carbons (Fsp3) is 0.222. The van der Waals surface area contributed by atoms with E-state index in [4.69, 9.17) is 11.6 Å². The predicted octanol–water partition coefficient (Wildman–Crippen LogP) is 4.59. The van der Waals surface area contributed by atoms with E-state index in [1.807, 2.05) is 12.3 Å². The van der Waals surface area contributed by atoms with Crippen molar-refractivity contribution in [1.29, 1.82) is 0 Å². The molecule has 7 heteroatoms. The van der Waals surface area contributed by atoms with E-state index in [0.717, 1.165) is 5.75 Å². The van der Waals surface area contributed by atoms with Crippen molar-refractivity contribution in [2.75, 3.05) is 17.3 Å². The summed E-state index contributed by atoms with van der Waals surface area (Å²) in [6.07, 6.45) is 2.49. The summed E-state index contributed by atoms with van der Waals surface area (Å²) in [6, 6.07) is 13.4. The maximum atomic E-state index is 12.6. The van der Waals surface area contributed by atoms with Gasteiger partial charge in [0.1, 0.15) is 6.04 Å². The van der Waals surface area contributed by atoms with E-state index in [0.29, 0.717) is 27.2 Å². The lowest BCUT2D eigenvalue weighted by atomic mass is 10.1. The molecular formula is C18H18BrClN2O2S. The van der Waals surface area contributed by atoms with Gasteiger partial charge in [-0.3, -0.25) is 9.59 Å². The lowest BCUT2D eigenvalue weighted by molar-refractivity contribution is -0.118. The molecule has 0 fully saturated rings. The Balaban J connectivity index is 2.10. The van der Waals surface area contributed by atoms with Gasteiger partial charge in [-0.2, -0.15) is 11.8 Å². The molecule has 0 aliphatic rings. The van der Waals surface area contributed by atoms with Crippen molar-refractivity contribution >= 4 is 56.8 Å². The standard InChI is InChI=1S/C18H18BrClN2O2S/c1-25-10-9-16(18(24)21-13-6-4-5-12(20)11-13)22-17(23)14-7-2-3-8-15(14)19/h2-8,11,16H,9-10H2,1H3,(H,21,24)(H,22,23). The SMILES string of the molecule is CSCCC(NC(=O)c1ccccc1Br)C(=O)Nc1cccc(Cl)c1. The second-order valence-electron chi connectivity index (χ2n) is 5.29. The van der Waals surface area contributed by atoms with E-state index in [2.05, 4.69) is 26.6 Å². The highest BCUT2D eigenvalue weighted by molar-refractivity contribution is 9.10. The van der Waals surface area contributed by atoms with Crippen molar-refractivity contribution in [2.45, 2.75) is 12.5 Å². The summed E-state index contributed by atoms with van der Waals surface area (Å²) in [6.45, 7) is 0. The molecule has 1 unspecified atom stereocenters. The number of rotatable bonds is 7. The third-order valence-corrected chi connectivity index (χ3v) is 5.01. The zero-order valence-electron chi connectivity index (χ0n) is 13.6. The Morgan fingerprint density at radius 1 is 1.20 bits per heavy atom. The highest BCUT2D eigenvalue weighted by Crippen LogP contribution is 2.18. The van der Waals surface area contributed by atoms with Crippen LogP contribution in [-0.2, 0) is 4.79 Å². The van der Waals surface area contributed by atoms with Crippen LogP contribution in [0.15, 0.2) is 53.0 Å². The van der Waals surface area contributed by atoms with E-state index in [1.54, 1.807) is 54.2 Å². The average molecular weight is 442 g/mol. The van der Waals surface area contributed by atoms with Gasteiger partial charge in [-0.1, -0.05) is 29.8 Å². The first kappa shape index (κ1) is 19.8. The number of nitrogens with one attached hydrogen (secondary N) is 2. The molecule has 0 spiro atoms. The maximum Gasteiger partial charge on any atom is 0.253 e. The molecule has 1 atom stereocenters. The number of hydrogen-bond acceptors (Lipinski definition) is 3. The smallest absolute Gasteiger partial charge is 0.253 e. The van der Waals surface area contributed by atoms with Gasteiger partial charge in [-0.05, 0) is 64.7 Å². The van der Waals surface area contributed by atoms with Gasteiger partial charge in [0.05, 0.1) is 5.56 Å². The van der Waals surface area contributed by atoms with Crippen LogP contribution in [0.3, 0.4) is 0 Å². The summed E-state index contributed by atoms with van der Waals surface area (Å²) >= 11 is 10.9. The first-order valence-electron chi connectivity index (χ1n) is 7.62. The zero-order chi connectivity index (χ0) is 18.2. The minimum Gasteiger partial charge on any atom is -0.340 e. The van der Waals surface area contributed by atoms with E-state index >= 15 is 0 Å². The first-order chi connectivity index (χ1) is 12.0. The van der Waals surface area contributed by atoms with Gasteiger partial charge in [-0.15, -0.1) is 0 Å². The molecule has 0 heterocycles. The molecule has 132 valence electrons. The van der Waals surface area contributed by atoms with E-state index in [1.165, 1.54) is 0 Å². The third-order valence-electron chi connectivity index (χ3n) is 3.44. The van der Waals surface area contributed by atoms with Crippen LogP contribution in [-0.4, -0.2) is 29.9 Å². The van der Waals surface area contributed by atoms with Crippen LogP contribution in [0.2, 0.25) is 5.02 Å². The van der Waals surface area contributed by atoms with Gasteiger partial charge in [0, 0.05) is 15.2 Å². The van der Waals surface area contributed by atoms with Crippen molar-refractivity contribution in [1.82, 2.24) is 5.32 Å². The van der Waals surface area contributed by atoms with Crippen molar-refractivity contribution in [3.05, 3.63) is 63.6 Å². The molecule has 2 N–H and O–H groups in total. The minimum absolute atomic E-state index is 0.267. The molecule has 2 aromatic rings. The quantitative estimate of drug-likeness (QED) is 0.660. The number of benzene rings is 2. The van der Waals surface area contributed by atoms with E-state index in [9.17, 15) is 9.59 Å². The van der Waals surface area contributed by atoms with Crippen molar-refractivity contribution in [2.24, 2.45) is 0 Å². The molecule has 2 aromatic carbocycles. The molecule has 0 saturated carbocycles. The molecule has 0 aromatic heterocycles. The normalized spacial score (nSPS) is 11.6. The number of anilines is 1. The maximum absolute atomic E-state index is 12.6. The highest BCUT2D eigenvalue weighted by atomic mass is 79.9. The molecule has 0 bridgehead atoms. The summed E-state index contributed by atoms with van der Waals surface area (Å²) < 4.78 is 0.686. The van der Waals surface area contributed by atoms with Crippen LogP contribution in [0.4, 0.5) is 5.69 Å². The van der Waals surface area contributed by atoms with Crippen molar-refractivity contribution in [3.63, 3.8) is 0 Å². The Kier molecular flexibility index (Phi) is 7.81. The average Bonchev–Trinajstić information content (AvgIpc) is 2.58. The van der Waals surface area contributed by atoms with Gasteiger partial charge in [0.25, 0.3) is 5.91 Å². The minimum atomic E-state index is -0.633. The molecular weight excluding hydrogens is 424 g/mol. The molecule has 25 heavy (non-hydrogen) atoms. The van der Waals surface area contributed by atoms with E-state index in [-0.39, 0.29) is 11.8 Å². The van der Waals surface area contributed by atoms with E-state index < -0.39 is 6.04 Å². The Labute approximate surface area is 164 Å². The lowest BCUT2D eigenvalue weighted by Gasteiger charge is -2.18. The lowest BCUT2D eigenvalue weighted by Crippen LogP contribution is -2.44. The summed E-state index contributed by atoms with van der Waals surface area (Å²) in [7, 11) is 0. The number of hydrogen-bond donors (Lipinski definition) is 2. The monoisotopic (exact) mass is 440 g/mol. The molecule has 2 amide bonds. The topological polar surface area (TPSA) is 58.2 Å². The van der Waals surface area contributed by atoms with Crippen LogP contribution >= 0.6 is 39.3 Å². The molecule has 0 saturated heterocycles. The van der Waals surface area contributed by atoms with Crippen molar-refractivity contribution < 1.29 is 9.59 Å². The van der Waals surface area contributed by atoms with Gasteiger partial charge in [-0.25, -0.2) is 0 Å². The Hall–Kier alpha value is -1.50. The summed E-state index contributed by atoms with van der Waals surface area (Å²) in [5, 5.41) is 6.16. The number of halogens is 2. The van der Waals surface area contributed by atoms with Crippen LogP contribution in [0.25, 0.3) is 0 Å². The van der Waals surface area contributed by atoms with Gasteiger partial charge >= 0.3 is 0 Å². The third kappa shape index (κ3) is 6.06. The predicted molar refractivity (Wildman–Crippen MR) is 108 cm³/mol. The molecule has 0 aliphatic carbocycles. The summed E-state index contributed by atoms with van der Waals surface area (Å²) in [5.41, 5.74) is 1.09. The van der Waals surface area contributed by atoms with Crippen LogP contribution in [0.1, 0.15) is 16.8 Å². The number of thioether (sulfide) groups is 1. The molecule has 0 radical (unpaired) electrons. The van der Waals surface area contributed by atoms with Crippen LogP contribution < -0.4 is 10.6 Å². The second-order valence-corrected chi connectivity index (χ2v) is 7.56. The van der Waals surface area contributed by atoms with Crippen molar-refractivity contribution in [3.8, 4) is 0 Å². The Morgan fingerprint density at radius 3 is 2.64 bits per heavy atom. The summed E-state index contributed by atoms with van der Waals surface area (Å²) in [5.74, 6) is 0.195. The Morgan fingerprint density at radius 2 is 1.96 bits per heavy atom. The molecule has 2 rings (SSSR count). The fourth-order valence-corrected chi connectivity index (χ4v) is 3.31. The number of carbonyl (C=O) groups is 2. The Bertz CT molecular complexity index is 757. The van der Waals surface area contributed by atoms with Crippen LogP contribution in [0.5, 0.6) is 0 Å². The first-order valence-corrected chi connectivity index (χ1v) is 10.2. The van der Waals surface area contributed by atoms with Gasteiger partial charge < -0.3 is 10.6 Å². The largest absolute Gasteiger partial charge is 0.340 e. The second kappa shape index (κ2) is 9.85. The summed E-state index contributed by atoms with van der Waals surface area (Å²) in [4.78, 5) is 25.1. The fourth-order valence-electron chi connectivity index (χ4n) is 2.18. The molecule has 4 nitrogen and oxygen atoms in total. The molecule has 0 aliphatic heterocycles. The number of carbonyl (C=O) groups excluding carboxylic acids is 2. The highest BCUT2D eigenvalue weighted by Gasteiger charge is 2.22. The van der Waals surface area contributed by atoms with Gasteiger partial charge in [0.15, 0.2) is 0 Å². The zero-order valence-corrected chi connectivity index (χ0v) is 16.7. The van der Waals surface area contributed by atoms with Gasteiger partial charge in [0.2, 0.25) is 5.91 Å². The van der Waals surface area contributed by atoms with Crippen LogP contribution in [0, 0.1) is 0 Å². The number of amides is 2.